The van der Waals surface area contributed by atoms with Gasteiger partial charge in [0.25, 0.3) is 0 Å². The van der Waals surface area contributed by atoms with Crippen molar-refractivity contribution in [2.45, 2.75) is 0 Å². The molecule has 2 rings (SSSR count). The predicted octanol–water partition coefficient (Wildman–Crippen LogP) is 2.67. The van der Waals surface area contributed by atoms with Crippen molar-refractivity contribution in [3.05, 3.63) is 54.9 Å². The van der Waals surface area contributed by atoms with Crippen LogP contribution < -0.4 is 4.74 Å². The summed E-state index contributed by atoms with van der Waals surface area (Å²) in [5, 5.41) is 0. The molecule has 1 radical (unpaired) electrons. The third-order valence-electron chi connectivity index (χ3n) is 1.56. The number of hydrogen-bond acceptors (Lipinski definition) is 2. The zero-order valence-corrected chi connectivity index (χ0v) is 6.97. The Morgan fingerprint density at radius 2 is 1.92 bits per heavy atom. The van der Waals surface area contributed by atoms with Crippen molar-refractivity contribution in [2.24, 2.45) is 0 Å². The van der Waals surface area contributed by atoms with Crippen LogP contribution in [-0.2, 0) is 0 Å². The van der Waals surface area contributed by atoms with Crippen LogP contribution in [0.1, 0.15) is 0 Å². The molecule has 0 atom stereocenters. The van der Waals surface area contributed by atoms with Gasteiger partial charge < -0.3 is 4.74 Å². The van der Waals surface area contributed by atoms with Gasteiger partial charge in [0, 0.05) is 18.5 Å². The third kappa shape index (κ3) is 2.06. The standard InChI is InChI=1S/C11H8NO/c1-2-4-10(5-3-1)13-11-6-8-12-9-7-11/h1-4,6-9H. The summed E-state index contributed by atoms with van der Waals surface area (Å²) in [6.45, 7) is 0. The van der Waals surface area contributed by atoms with Crippen LogP contribution in [0.25, 0.3) is 0 Å². The number of pyridine rings is 1. The van der Waals surface area contributed by atoms with E-state index < -0.39 is 0 Å². The van der Waals surface area contributed by atoms with Crippen LogP contribution in [0.2, 0.25) is 0 Å². The van der Waals surface area contributed by atoms with E-state index in [1.807, 2.05) is 24.3 Å². The minimum atomic E-state index is 0.716. The third-order valence-corrected chi connectivity index (χ3v) is 1.56. The first-order valence-electron chi connectivity index (χ1n) is 4.00. The molecule has 0 spiro atoms. The van der Waals surface area contributed by atoms with E-state index in [1.54, 1.807) is 24.5 Å². The molecule has 1 aromatic heterocycles. The lowest BCUT2D eigenvalue weighted by molar-refractivity contribution is 0.481. The molecule has 0 unspecified atom stereocenters. The van der Waals surface area contributed by atoms with Crippen molar-refractivity contribution < 1.29 is 4.74 Å². The monoisotopic (exact) mass is 170 g/mol. The van der Waals surface area contributed by atoms with Crippen molar-refractivity contribution in [1.82, 2.24) is 4.98 Å². The largest absolute Gasteiger partial charge is 0.457 e. The summed E-state index contributed by atoms with van der Waals surface area (Å²) in [5.41, 5.74) is 0. The highest BCUT2D eigenvalue weighted by molar-refractivity contribution is 5.27. The van der Waals surface area contributed by atoms with Crippen LogP contribution in [0.3, 0.4) is 0 Å². The summed E-state index contributed by atoms with van der Waals surface area (Å²) in [7, 11) is 0. The predicted molar refractivity (Wildman–Crippen MR) is 49.6 cm³/mol. The van der Waals surface area contributed by atoms with E-state index in [9.17, 15) is 0 Å². The van der Waals surface area contributed by atoms with Gasteiger partial charge >= 0.3 is 0 Å². The molecule has 13 heavy (non-hydrogen) atoms. The Kier molecular flexibility index (Phi) is 2.23. The first-order chi connectivity index (χ1) is 6.45. The zero-order valence-electron chi connectivity index (χ0n) is 6.97. The second kappa shape index (κ2) is 3.72. The lowest BCUT2D eigenvalue weighted by Crippen LogP contribution is -1.83. The van der Waals surface area contributed by atoms with Crippen LogP contribution in [-0.4, -0.2) is 4.98 Å². The van der Waals surface area contributed by atoms with Crippen LogP contribution in [0.5, 0.6) is 11.5 Å². The number of hydrogen-bond donors (Lipinski definition) is 0. The summed E-state index contributed by atoms with van der Waals surface area (Å²) in [5.74, 6) is 1.49. The molecule has 0 bridgehead atoms. The molecule has 0 amide bonds. The SMILES string of the molecule is [c]1ccccc1Oc1ccncc1. The number of benzene rings is 1. The molecule has 0 N–H and O–H groups in total. The number of aromatic nitrogens is 1. The van der Waals surface area contributed by atoms with Gasteiger partial charge in [0.2, 0.25) is 0 Å². The van der Waals surface area contributed by atoms with Crippen LogP contribution >= 0.6 is 0 Å². The molecule has 2 heteroatoms. The van der Waals surface area contributed by atoms with Gasteiger partial charge in [-0.3, -0.25) is 4.98 Å². The van der Waals surface area contributed by atoms with Crippen molar-refractivity contribution in [3.8, 4) is 11.5 Å². The fourth-order valence-electron chi connectivity index (χ4n) is 0.974. The second-order valence-electron chi connectivity index (χ2n) is 2.51. The summed E-state index contributed by atoms with van der Waals surface area (Å²) >= 11 is 0. The Labute approximate surface area is 76.8 Å². The molecule has 1 heterocycles. The maximum absolute atomic E-state index is 5.48. The van der Waals surface area contributed by atoms with Gasteiger partial charge in [-0.15, -0.1) is 0 Å². The molecule has 0 aliphatic carbocycles. The lowest BCUT2D eigenvalue weighted by atomic mass is 10.3. The van der Waals surface area contributed by atoms with Gasteiger partial charge in [0.15, 0.2) is 0 Å². The van der Waals surface area contributed by atoms with Gasteiger partial charge in [0.05, 0.1) is 0 Å². The minimum absolute atomic E-state index is 0.716. The smallest absolute Gasteiger partial charge is 0.135 e. The number of nitrogens with zero attached hydrogens (tertiary/aromatic N) is 1. The number of para-hydroxylation sites is 1. The molecular formula is C11H8NO. The Hall–Kier alpha value is -1.83. The van der Waals surface area contributed by atoms with Crippen molar-refractivity contribution in [3.63, 3.8) is 0 Å². The van der Waals surface area contributed by atoms with Gasteiger partial charge in [0.1, 0.15) is 11.5 Å². The van der Waals surface area contributed by atoms with Crippen molar-refractivity contribution >= 4 is 0 Å². The fourth-order valence-corrected chi connectivity index (χ4v) is 0.974. The molecule has 0 fully saturated rings. The molecule has 1 aromatic carbocycles. The topological polar surface area (TPSA) is 22.1 Å². The Balaban J connectivity index is 2.16. The summed E-state index contributed by atoms with van der Waals surface area (Å²) in [6.07, 6.45) is 3.39. The summed E-state index contributed by atoms with van der Waals surface area (Å²) in [6, 6.07) is 14.1. The number of rotatable bonds is 2. The Bertz CT molecular complexity index is 321. The van der Waals surface area contributed by atoms with Crippen molar-refractivity contribution in [1.29, 1.82) is 0 Å². The summed E-state index contributed by atoms with van der Waals surface area (Å²) in [4.78, 5) is 3.90. The average molecular weight is 170 g/mol. The molecule has 0 saturated carbocycles. The molecule has 2 aromatic rings. The molecule has 0 saturated heterocycles. The van der Waals surface area contributed by atoms with Gasteiger partial charge in [-0.1, -0.05) is 18.2 Å². The van der Waals surface area contributed by atoms with Crippen molar-refractivity contribution in [2.75, 3.05) is 0 Å². The second-order valence-corrected chi connectivity index (χ2v) is 2.51. The maximum Gasteiger partial charge on any atom is 0.135 e. The first-order valence-corrected chi connectivity index (χ1v) is 4.00. The summed E-state index contributed by atoms with van der Waals surface area (Å²) < 4.78 is 5.48. The van der Waals surface area contributed by atoms with Gasteiger partial charge in [-0.05, 0) is 18.2 Å². The van der Waals surface area contributed by atoms with Gasteiger partial charge in [-0.25, -0.2) is 0 Å². The highest BCUT2D eigenvalue weighted by Crippen LogP contribution is 2.18. The van der Waals surface area contributed by atoms with E-state index in [4.69, 9.17) is 4.74 Å². The van der Waals surface area contributed by atoms with Crippen LogP contribution in [0, 0.1) is 6.07 Å². The van der Waals surface area contributed by atoms with Gasteiger partial charge in [-0.2, -0.15) is 0 Å². The van der Waals surface area contributed by atoms with E-state index in [2.05, 4.69) is 11.1 Å². The normalized spacial score (nSPS) is 9.54. The molecule has 0 aliphatic rings. The molecular weight excluding hydrogens is 162 g/mol. The van der Waals surface area contributed by atoms with Crippen LogP contribution in [0.4, 0.5) is 0 Å². The highest BCUT2D eigenvalue weighted by atomic mass is 16.5. The lowest BCUT2D eigenvalue weighted by Gasteiger charge is -2.02. The Morgan fingerprint density at radius 3 is 2.62 bits per heavy atom. The molecule has 63 valence electrons. The Morgan fingerprint density at radius 1 is 1.08 bits per heavy atom. The van der Waals surface area contributed by atoms with E-state index in [-0.39, 0.29) is 0 Å². The minimum Gasteiger partial charge on any atom is -0.457 e. The van der Waals surface area contributed by atoms with E-state index in [0.717, 1.165) is 5.75 Å². The van der Waals surface area contributed by atoms with E-state index >= 15 is 0 Å². The van der Waals surface area contributed by atoms with Crippen LogP contribution in [0.15, 0.2) is 48.8 Å². The van der Waals surface area contributed by atoms with E-state index in [0.29, 0.717) is 5.75 Å². The number of ether oxygens (including phenoxy) is 1. The zero-order chi connectivity index (χ0) is 8.93. The fraction of sp³-hybridized carbons (Fsp3) is 0. The molecule has 0 aliphatic heterocycles. The highest BCUT2D eigenvalue weighted by Gasteiger charge is 1.93. The molecule has 2 nitrogen and oxygen atoms in total. The van der Waals surface area contributed by atoms with E-state index in [1.165, 1.54) is 0 Å². The maximum atomic E-state index is 5.48. The first kappa shape index (κ1) is 7.80. The quantitative estimate of drug-likeness (QED) is 0.691. The average Bonchev–Trinajstić information content (AvgIpc) is 2.21.